The molecular weight excluding hydrogens is 150 g/mol. The lowest BCUT2D eigenvalue weighted by Crippen LogP contribution is -2.08. The summed E-state index contributed by atoms with van der Waals surface area (Å²) in [6, 6.07) is 5.84. The summed E-state index contributed by atoms with van der Waals surface area (Å²) in [6.07, 6.45) is 3.47. The molecule has 1 saturated carbocycles. The van der Waals surface area contributed by atoms with Gasteiger partial charge in [0.1, 0.15) is 5.41 Å². The third-order valence-electron chi connectivity index (χ3n) is 2.26. The highest BCUT2D eigenvalue weighted by atomic mass is 14.8. The van der Waals surface area contributed by atoms with Gasteiger partial charge in [-0.1, -0.05) is 0 Å². The van der Waals surface area contributed by atoms with Crippen LogP contribution in [0.3, 0.4) is 0 Å². The topological polar surface area (TPSA) is 62.7 Å². The van der Waals surface area contributed by atoms with Gasteiger partial charge in [-0.2, -0.15) is 5.26 Å². The molecule has 0 radical (unpaired) electrons. The molecule has 2 N–H and O–H groups in total. The molecule has 0 amide bonds. The molecule has 1 aliphatic carbocycles. The van der Waals surface area contributed by atoms with Crippen LogP contribution in [0.1, 0.15) is 18.5 Å². The molecule has 0 atom stereocenters. The zero-order chi connectivity index (χ0) is 8.60. The summed E-state index contributed by atoms with van der Waals surface area (Å²) in [6.45, 7) is 0. The summed E-state index contributed by atoms with van der Waals surface area (Å²) in [7, 11) is 0. The molecule has 0 spiro atoms. The van der Waals surface area contributed by atoms with Crippen molar-refractivity contribution in [2.75, 3.05) is 5.73 Å². The predicted molar refractivity (Wildman–Crippen MR) is 45.2 cm³/mol. The second kappa shape index (κ2) is 2.21. The number of nitrogen functional groups attached to an aromatic ring is 1. The zero-order valence-corrected chi connectivity index (χ0v) is 6.62. The van der Waals surface area contributed by atoms with Crippen LogP contribution in [-0.2, 0) is 5.41 Å². The van der Waals surface area contributed by atoms with Crippen LogP contribution in [0.5, 0.6) is 0 Å². The summed E-state index contributed by atoms with van der Waals surface area (Å²) < 4.78 is 0. The molecule has 0 unspecified atom stereocenters. The number of aromatic nitrogens is 1. The molecule has 0 aromatic carbocycles. The molecule has 3 heteroatoms. The molecule has 1 aromatic rings. The second-order valence-corrected chi connectivity index (χ2v) is 3.14. The van der Waals surface area contributed by atoms with Crippen molar-refractivity contribution in [1.29, 1.82) is 5.26 Å². The summed E-state index contributed by atoms with van der Waals surface area (Å²) in [5.74, 6) is 0. The van der Waals surface area contributed by atoms with Crippen molar-refractivity contribution in [2.45, 2.75) is 18.3 Å². The largest absolute Gasteiger partial charge is 0.397 e. The summed E-state index contributed by atoms with van der Waals surface area (Å²) in [5.41, 5.74) is 6.75. The third-order valence-corrected chi connectivity index (χ3v) is 2.26. The van der Waals surface area contributed by atoms with Crippen molar-refractivity contribution in [1.82, 2.24) is 4.98 Å². The first-order chi connectivity index (χ1) is 5.78. The number of hydrogen-bond donors (Lipinski definition) is 1. The van der Waals surface area contributed by atoms with Gasteiger partial charge in [-0.25, -0.2) is 0 Å². The van der Waals surface area contributed by atoms with Gasteiger partial charge in [0.25, 0.3) is 0 Å². The molecule has 0 aliphatic heterocycles. The molecule has 1 aromatic heterocycles. The van der Waals surface area contributed by atoms with Crippen LogP contribution < -0.4 is 5.73 Å². The Bertz CT molecular complexity index is 347. The molecule has 0 saturated heterocycles. The van der Waals surface area contributed by atoms with E-state index in [0.717, 1.165) is 18.5 Å². The Morgan fingerprint density at radius 2 is 2.33 bits per heavy atom. The first-order valence-electron chi connectivity index (χ1n) is 3.91. The Morgan fingerprint density at radius 1 is 1.58 bits per heavy atom. The van der Waals surface area contributed by atoms with Crippen LogP contribution >= 0.6 is 0 Å². The molecular formula is C9H9N3. The van der Waals surface area contributed by atoms with E-state index in [1.807, 2.05) is 0 Å². The number of nitrogens with two attached hydrogens (primary N) is 1. The van der Waals surface area contributed by atoms with Crippen LogP contribution in [0.2, 0.25) is 0 Å². The lowest BCUT2D eigenvalue weighted by atomic mass is 10.0. The van der Waals surface area contributed by atoms with Crippen molar-refractivity contribution in [3.63, 3.8) is 0 Å². The summed E-state index contributed by atoms with van der Waals surface area (Å²) in [4.78, 5) is 4.14. The predicted octanol–water partition coefficient (Wildman–Crippen LogP) is 1.22. The molecule has 60 valence electrons. The van der Waals surface area contributed by atoms with E-state index in [-0.39, 0.29) is 5.41 Å². The molecule has 0 bridgehead atoms. The maximum absolute atomic E-state index is 8.89. The van der Waals surface area contributed by atoms with Crippen molar-refractivity contribution in [2.24, 2.45) is 0 Å². The van der Waals surface area contributed by atoms with Crippen molar-refractivity contribution >= 4 is 5.69 Å². The van der Waals surface area contributed by atoms with Gasteiger partial charge in [-0.15, -0.1) is 0 Å². The van der Waals surface area contributed by atoms with E-state index in [1.165, 1.54) is 0 Å². The van der Waals surface area contributed by atoms with Crippen LogP contribution in [0.25, 0.3) is 0 Å². The van der Waals surface area contributed by atoms with Gasteiger partial charge in [0.15, 0.2) is 0 Å². The van der Waals surface area contributed by atoms with Crippen LogP contribution in [-0.4, -0.2) is 4.98 Å². The highest BCUT2D eigenvalue weighted by molar-refractivity contribution is 5.52. The minimum absolute atomic E-state index is 0.356. The standard InChI is InChI=1S/C9H9N3/c10-6-9(3-4-9)8-7(11)2-1-5-12-8/h1-2,5H,3-4,11H2. The SMILES string of the molecule is N#CC1(c2ncccc2N)CC1. The van der Waals surface area contributed by atoms with Crippen LogP contribution in [0.15, 0.2) is 18.3 Å². The number of anilines is 1. The van der Waals surface area contributed by atoms with Crippen LogP contribution in [0, 0.1) is 11.3 Å². The molecule has 1 aliphatic rings. The Hall–Kier alpha value is -1.56. The minimum atomic E-state index is -0.356. The van der Waals surface area contributed by atoms with E-state index in [9.17, 15) is 0 Å². The lowest BCUT2D eigenvalue weighted by Gasteiger charge is -2.06. The molecule has 3 nitrogen and oxygen atoms in total. The first-order valence-corrected chi connectivity index (χ1v) is 3.91. The Kier molecular flexibility index (Phi) is 1.31. The third kappa shape index (κ3) is 0.850. The fourth-order valence-corrected chi connectivity index (χ4v) is 1.34. The number of nitriles is 1. The van der Waals surface area contributed by atoms with Gasteiger partial charge in [-0.3, -0.25) is 4.98 Å². The highest BCUT2D eigenvalue weighted by Gasteiger charge is 2.47. The first kappa shape index (κ1) is 7.11. The Labute approximate surface area is 70.8 Å². The fourth-order valence-electron chi connectivity index (χ4n) is 1.34. The highest BCUT2D eigenvalue weighted by Crippen LogP contribution is 2.48. The minimum Gasteiger partial charge on any atom is -0.397 e. The van der Waals surface area contributed by atoms with Gasteiger partial charge in [0.05, 0.1) is 17.5 Å². The van der Waals surface area contributed by atoms with Crippen molar-refractivity contribution in [3.8, 4) is 6.07 Å². The van der Waals surface area contributed by atoms with Crippen molar-refractivity contribution < 1.29 is 0 Å². The van der Waals surface area contributed by atoms with E-state index in [0.29, 0.717) is 5.69 Å². The quantitative estimate of drug-likeness (QED) is 0.670. The van der Waals surface area contributed by atoms with Crippen LogP contribution in [0.4, 0.5) is 5.69 Å². The zero-order valence-electron chi connectivity index (χ0n) is 6.62. The maximum atomic E-state index is 8.89. The monoisotopic (exact) mass is 159 g/mol. The summed E-state index contributed by atoms with van der Waals surface area (Å²) >= 11 is 0. The fraction of sp³-hybridized carbons (Fsp3) is 0.333. The van der Waals surface area contributed by atoms with E-state index < -0.39 is 0 Å². The average molecular weight is 159 g/mol. The van der Waals surface area contributed by atoms with Gasteiger partial charge in [0.2, 0.25) is 0 Å². The van der Waals surface area contributed by atoms with E-state index >= 15 is 0 Å². The number of rotatable bonds is 1. The van der Waals surface area contributed by atoms with Gasteiger partial charge < -0.3 is 5.73 Å². The number of pyridine rings is 1. The molecule has 1 heterocycles. The number of hydrogen-bond acceptors (Lipinski definition) is 3. The molecule has 1 fully saturated rings. The van der Waals surface area contributed by atoms with E-state index in [4.69, 9.17) is 11.0 Å². The van der Waals surface area contributed by atoms with Gasteiger partial charge in [0, 0.05) is 6.20 Å². The Balaban J connectivity index is 2.48. The average Bonchev–Trinajstić information content (AvgIpc) is 2.86. The Morgan fingerprint density at radius 3 is 2.83 bits per heavy atom. The van der Waals surface area contributed by atoms with Crippen molar-refractivity contribution in [3.05, 3.63) is 24.0 Å². The smallest absolute Gasteiger partial charge is 0.101 e. The van der Waals surface area contributed by atoms with E-state index in [2.05, 4.69) is 11.1 Å². The number of nitrogens with zero attached hydrogens (tertiary/aromatic N) is 2. The van der Waals surface area contributed by atoms with Gasteiger partial charge >= 0.3 is 0 Å². The lowest BCUT2D eigenvalue weighted by molar-refractivity contribution is 0.859. The second-order valence-electron chi connectivity index (χ2n) is 3.14. The maximum Gasteiger partial charge on any atom is 0.101 e. The normalized spacial score (nSPS) is 18.2. The van der Waals surface area contributed by atoms with E-state index in [1.54, 1.807) is 18.3 Å². The van der Waals surface area contributed by atoms with Gasteiger partial charge in [-0.05, 0) is 25.0 Å². The summed E-state index contributed by atoms with van der Waals surface area (Å²) in [5, 5.41) is 8.89. The molecule has 12 heavy (non-hydrogen) atoms. The molecule has 2 rings (SSSR count).